The maximum absolute atomic E-state index is 4.01. The monoisotopic (exact) mass is 265 g/mol. The number of hydrogen-bond donors (Lipinski definition) is 0. The third-order valence-corrected chi connectivity index (χ3v) is 3.44. The van der Waals surface area contributed by atoms with Gasteiger partial charge in [-0.1, -0.05) is 17.7 Å². The first kappa shape index (κ1) is 14.1. The van der Waals surface area contributed by atoms with Crippen molar-refractivity contribution in [1.29, 1.82) is 0 Å². The zero-order valence-electron chi connectivity index (χ0n) is 9.80. The molecule has 0 bridgehead atoms. The maximum Gasteiger partial charge on any atom is 0.0270 e. The molecule has 0 atom stereocenters. The second kappa shape index (κ2) is 7.36. The number of nitrogens with zero attached hydrogens (tertiary/aromatic N) is 1. The lowest BCUT2D eigenvalue weighted by Gasteiger charge is -2.02. The van der Waals surface area contributed by atoms with Crippen LogP contribution in [0.2, 0.25) is 0 Å². The summed E-state index contributed by atoms with van der Waals surface area (Å²) in [5, 5.41) is 0. The van der Waals surface area contributed by atoms with Gasteiger partial charge in [0.1, 0.15) is 0 Å². The average molecular weight is 266 g/mol. The molecule has 0 aliphatic carbocycles. The molecule has 1 aromatic heterocycles. The maximum atomic E-state index is 4.01. The minimum Gasteiger partial charge on any atom is -0.265 e. The average Bonchev–Trinajstić information content (AvgIpc) is 2.33. The summed E-state index contributed by atoms with van der Waals surface area (Å²) in [6.45, 7) is 2.12. The summed E-state index contributed by atoms with van der Waals surface area (Å²) in [6.07, 6.45) is 4.80. The zero-order chi connectivity index (χ0) is 11.2. The van der Waals surface area contributed by atoms with Gasteiger partial charge in [-0.3, -0.25) is 4.98 Å². The number of thioether (sulfide) groups is 1. The number of benzene rings is 1. The van der Waals surface area contributed by atoms with Crippen molar-refractivity contribution in [2.75, 3.05) is 5.75 Å². The quantitative estimate of drug-likeness (QED) is 0.771. The molecular formula is C14H16ClNS. The number of halogens is 1. The summed E-state index contributed by atoms with van der Waals surface area (Å²) in [6, 6.07) is 12.9. The molecule has 2 rings (SSSR count). The molecule has 90 valence electrons. The number of pyridine rings is 1. The Kier molecular flexibility index (Phi) is 6.09. The number of rotatable bonds is 4. The van der Waals surface area contributed by atoms with E-state index in [0.717, 1.165) is 12.2 Å². The first-order valence-corrected chi connectivity index (χ1v) is 6.41. The smallest absolute Gasteiger partial charge is 0.0270 e. The highest BCUT2D eigenvalue weighted by molar-refractivity contribution is 7.99. The van der Waals surface area contributed by atoms with Gasteiger partial charge >= 0.3 is 0 Å². The van der Waals surface area contributed by atoms with E-state index in [0.29, 0.717) is 0 Å². The van der Waals surface area contributed by atoms with Gasteiger partial charge < -0.3 is 0 Å². The fourth-order valence-corrected chi connectivity index (χ4v) is 2.37. The molecule has 3 heteroatoms. The van der Waals surface area contributed by atoms with Crippen molar-refractivity contribution < 1.29 is 0 Å². The van der Waals surface area contributed by atoms with Crippen LogP contribution >= 0.6 is 24.2 Å². The lowest BCUT2D eigenvalue weighted by molar-refractivity contribution is 1.13. The standard InChI is InChI=1S/C14H15NS.ClH/c1-12-2-4-14(5-3-12)16-11-8-13-6-9-15-10-7-13;/h2-7,9-10H,8,11H2,1H3;1H. The predicted molar refractivity (Wildman–Crippen MR) is 77.1 cm³/mol. The SMILES string of the molecule is Cc1ccc(SCCc2ccncc2)cc1.Cl. The highest BCUT2D eigenvalue weighted by atomic mass is 35.5. The summed E-state index contributed by atoms with van der Waals surface area (Å²) in [5.74, 6) is 1.12. The van der Waals surface area contributed by atoms with Crippen LogP contribution in [0.3, 0.4) is 0 Å². The van der Waals surface area contributed by atoms with Gasteiger partial charge in [0.25, 0.3) is 0 Å². The molecule has 0 amide bonds. The Labute approximate surface area is 113 Å². The van der Waals surface area contributed by atoms with Gasteiger partial charge in [0.2, 0.25) is 0 Å². The molecule has 2 aromatic rings. The minimum atomic E-state index is 0. The molecule has 0 radical (unpaired) electrons. The largest absolute Gasteiger partial charge is 0.265 e. The molecule has 1 nitrogen and oxygen atoms in total. The zero-order valence-corrected chi connectivity index (χ0v) is 11.4. The second-order valence-corrected chi connectivity index (χ2v) is 4.94. The fourth-order valence-electron chi connectivity index (χ4n) is 1.47. The topological polar surface area (TPSA) is 12.9 Å². The molecular weight excluding hydrogens is 250 g/mol. The summed E-state index contributed by atoms with van der Waals surface area (Å²) >= 11 is 1.90. The molecule has 0 aliphatic rings. The number of aromatic nitrogens is 1. The van der Waals surface area contributed by atoms with Crippen molar-refractivity contribution >= 4 is 24.2 Å². The first-order chi connectivity index (χ1) is 7.84. The Morgan fingerprint density at radius 1 is 1.00 bits per heavy atom. The lowest BCUT2D eigenvalue weighted by Crippen LogP contribution is -1.88. The van der Waals surface area contributed by atoms with Gasteiger partial charge in [-0.05, 0) is 43.2 Å². The molecule has 0 saturated carbocycles. The molecule has 0 aliphatic heterocycles. The Morgan fingerprint density at radius 2 is 1.65 bits per heavy atom. The van der Waals surface area contributed by atoms with E-state index >= 15 is 0 Å². The van der Waals surface area contributed by atoms with Crippen molar-refractivity contribution in [2.45, 2.75) is 18.2 Å². The van der Waals surface area contributed by atoms with Crippen LogP contribution in [0.5, 0.6) is 0 Å². The van der Waals surface area contributed by atoms with Crippen molar-refractivity contribution in [3.05, 3.63) is 59.9 Å². The number of hydrogen-bond acceptors (Lipinski definition) is 2. The van der Waals surface area contributed by atoms with E-state index in [9.17, 15) is 0 Å². The van der Waals surface area contributed by atoms with Crippen molar-refractivity contribution in [2.24, 2.45) is 0 Å². The Balaban J connectivity index is 0.00000144. The third kappa shape index (κ3) is 4.80. The second-order valence-electron chi connectivity index (χ2n) is 3.77. The fraction of sp³-hybridized carbons (Fsp3) is 0.214. The molecule has 0 fully saturated rings. The third-order valence-electron chi connectivity index (χ3n) is 2.43. The summed E-state index contributed by atoms with van der Waals surface area (Å²) in [5.41, 5.74) is 2.67. The molecule has 0 spiro atoms. The lowest BCUT2D eigenvalue weighted by atomic mass is 10.2. The van der Waals surface area contributed by atoms with Crippen molar-refractivity contribution in [3.8, 4) is 0 Å². The molecule has 0 saturated heterocycles. The molecule has 0 unspecified atom stereocenters. The van der Waals surface area contributed by atoms with E-state index in [2.05, 4.69) is 48.3 Å². The van der Waals surface area contributed by atoms with E-state index in [1.807, 2.05) is 24.2 Å². The molecule has 0 N–H and O–H groups in total. The minimum absolute atomic E-state index is 0. The van der Waals surface area contributed by atoms with E-state index in [1.165, 1.54) is 16.0 Å². The first-order valence-electron chi connectivity index (χ1n) is 5.43. The normalized spacial score (nSPS) is 9.71. The Morgan fingerprint density at radius 3 is 2.29 bits per heavy atom. The van der Waals surface area contributed by atoms with Crippen LogP contribution in [0.15, 0.2) is 53.7 Å². The summed E-state index contributed by atoms with van der Waals surface area (Å²) in [7, 11) is 0. The van der Waals surface area contributed by atoms with Crippen LogP contribution in [0.1, 0.15) is 11.1 Å². The van der Waals surface area contributed by atoms with Gasteiger partial charge in [-0.15, -0.1) is 24.2 Å². The van der Waals surface area contributed by atoms with Gasteiger partial charge in [-0.25, -0.2) is 0 Å². The van der Waals surface area contributed by atoms with E-state index in [1.54, 1.807) is 0 Å². The van der Waals surface area contributed by atoms with Crippen LogP contribution in [0, 0.1) is 6.92 Å². The van der Waals surface area contributed by atoms with Crippen molar-refractivity contribution in [1.82, 2.24) is 4.98 Å². The predicted octanol–water partition coefficient (Wildman–Crippen LogP) is 4.15. The Hall–Kier alpha value is -0.990. The Bertz CT molecular complexity index is 428. The van der Waals surface area contributed by atoms with Crippen LogP contribution in [-0.2, 0) is 6.42 Å². The van der Waals surface area contributed by atoms with Crippen LogP contribution in [-0.4, -0.2) is 10.7 Å². The van der Waals surface area contributed by atoms with E-state index < -0.39 is 0 Å². The van der Waals surface area contributed by atoms with Gasteiger partial charge in [-0.2, -0.15) is 0 Å². The van der Waals surface area contributed by atoms with E-state index in [-0.39, 0.29) is 12.4 Å². The molecule has 1 heterocycles. The van der Waals surface area contributed by atoms with E-state index in [4.69, 9.17) is 0 Å². The molecule has 1 aromatic carbocycles. The van der Waals surface area contributed by atoms with Crippen molar-refractivity contribution in [3.63, 3.8) is 0 Å². The van der Waals surface area contributed by atoms with Gasteiger partial charge in [0.05, 0.1) is 0 Å². The summed E-state index contributed by atoms with van der Waals surface area (Å²) in [4.78, 5) is 5.36. The highest BCUT2D eigenvalue weighted by Crippen LogP contribution is 2.19. The summed E-state index contributed by atoms with van der Waals surface area (Å²) < 4.78 is 0. The molecule has 17 heavy (non-hydrogen) atoms. The number of aryl methyl sites for hydroxylation is 2. The van der Waals surface area contributed by atoms with Gasteiger partial charge in [0.15, 0.2) is 0 Å². The highest BCUT2D eigenvalue weighted by Gasteiger charge is 1.95. The van der Waals surface area contributed by atoms with Gasteiger partial charge in [0, 0.05) is 23.0 Å². The van der Waals surface area contributed by atoms with Crippen LogP contribution in [0.4, 0.5) is 0 Å². The van der Waals surface area contributed by atoms with Crippen LogP contribution < -0.4 is 0 Å². The van der Waals surface area contributed by atoms with Crippen LogP contribution in [0.25, 0.3) is 0 Å².